The van der Waals surface area contributed by atoms with Gasteiger partial charge >= 0.3 is 51.4 Å². The maximum absolute atomic E-state index is 12.0. The summed E-state index contributed by atoms with van der Waals surface area (Å²) >= 11 is 0. The predicted octanol–water partition coefficient (Wildman–Crippen LogP) is 4.05. The van der Waals surface area contributed by atoms with E-state index in [9.17, 15) is 18.1 Å². The van der Waals surface area contributed by atoms with Crippen molar-refractivity contribution in [3.05, 3.63) is 48.0 Å². The summed E-state index contributed by atoms with van der Waals surface area (Å²) in [4.78, 5) is -0.241. The molecule has 7 heteroatoms. The normalized spacial score (nSPS) is 11.2. The topological polar surface area (TPSA) is 86.7 Å². The molecule has 0 aromatic heterocycles. The molecule has 0 aliphatic rings. The van der Waals surface area contributed by atoms with Gasteiger partial charge in [0.05, 0.1) is 4.90 Å². The van der Waals surface area contributed by atoms with Crippen molar-refractivity contribution in [2.24, 2.45) is 0 Å². The molecule has 0 unspecified atom stereocenters. The maximum atomic E-state index is 12.0. The molecule has 2 aromatic carbocycles. The number of rotatable bonds is 16. The fourth-order valence-corrected chi connectivity index (χ4v) is 4.30. The van der Waals surface area contributed by atoms with Crippen LogP contribution in [-0.4, -0.2) is 13.0 Å². The molecular weight excluding hydrogens is 463 g/mol. The van der Waals surface area contributed by atoms with Crippen molar-refractivity contribution < 1.29 is 74.2 Å². The monoisotopic (exact) mass is 500 g/mol. The Hall–Kier alpha value is -0.414. The van der Waals surface area contributed by atoms with Gasteiger partial charge in [0.2, 0.25) is 0 Å². The third-order valence-corrected chi connectivity index (χ3v) is 6.55. The van der Waals surface area contributed by atoms with Crippen LogP contribution in [0.3, 0.4) is 0 Å². The van der Waals surface area contributed by atoms with E-state index in [1.165, 1.54) is 82.4 Å². The van der Waals surface area contributed by atoms with E-state index in [-0.39, 0.29) is 67.8 Å². The largest absolute Gasteiger partial charge is 1.00 e. The summed E-state index contributed by atoms with van der Waals surface area (Å²) in [6, 6.07) is 10.6. The van der Waals surface area contributed by atoms with Crippen LogP contribution < -0.4 is 61.2 Å². The smallest absolute Gasteiger partial charge is 0.870 e. The third-order valence-electron chi connectivity index (χ3n) is 5.71. The van der Waals surface area contributed by atoms with E-state index in [1.807, 2.05) is 0 Å². The van der Waals surface area contributed by atoms with Crippen molar-refractivity contribution in [2.45, 2.75) is 95.3 Å². The van der Waals surface area contributed by atoms with Gasteiger partial charge in [0.25, 0.3) is 10.1 Å². The van der Waals surface area contributed by atoms with Gasteiger partial charge in [-0.3, -0.25) is 4.55 Å². The van der Waals surface area contributed by atoms with E-state index in [0.29, 0.717) is 5.75 Å². The van der Waals surface area contributed by atoms with Gasteiger partial charge < -0.3 is 9.84 Å². The van der Waals surface area contributed by atoms with Crippen LogP contribution in [-0.2, 0) is 16.5 Å². The van der Waals surface area contributed by atoms with E-state index in [1.54, 1.807) is 24.3 Å². The van der Waals surface area contributed by atoms with Crippen LogP contribution in [0, 0.1) is 0 Å². The molecule has 0 heterocycles. The molecule has 0 bridgehead atoms. The van der Waals surface area contributed by atoms with E-state index in [0.717, 1.165) is 24.8 Å². The van der Waals surface area contributed by atoms with E-state index in [4.69, 9.17) is 4.74 Å². The summed E-state index contributed by atoms with van der Waals surface area (Å²) in [5, 5.41) is 12.0. The molecule has 0 atom stereocenters. The summed E-state index contributed by atoms with van der Waals surface area (Å²) < 4.78 is 38.2. The first-order valence-corrected chi connectivity index (χ1v) is 13.4. The van der Waals surface area contributed by atoms with Gasteiger partial charge in [-0.05, 0) is 30.5 Å². The number of para-hydroxylation sites is 2. The molecule has 5 nitrogen and oxygen atoms in total. The second-order valence-electron chi connectivity index (χ2n) is 8.43. The van der Waals surface area contributed by atoms with Crippen molar-refractivity contribution in [3.63, 3.8) is 0 Å². The Labute approximate surface area is 242 Å². The Morgan fingerprint density at radius 2 is 1.33 bits per heavy atom. The molecule has 0 aliphatic heterocycles. The first-order chi connectivity index (χ1) is 15.4. The molecule has 0 spiro atoms. The molecule has 33 heavy (non-hydrogen) atoms. The van der Waals surface area contributed by atoms with Gasteiger partial charge in [0, 0.05) is 6.07 Å². The maximum Gasteiger partial charge on any atom is 1.00 e. The Morgan fingerprint density at radius 1 is 0.788 bits per heavy atom. The molecule has 0 aliphatic carbocycles. The predicted molar refractivity (Wildman–Crippen MR) is 127 cm³/mol. The van der Waals surface area contributed by atoms with Crippen molar-refractivity contribution in [3.8, 4) is 17.2 Å². The average Bonchev–Trinajstić information content (AvgIpc) is 2.76. The third kappa shape index (κ3) is 12.2. The van der Waals surface area contributed by atoms with Gasteiger partial charge in [-0.15, -0.1) is 0 Å². The van der Waals surface area contributed by atoms with Gasteiger partial charge in [-0.2, -0.15) is 8.42 Å². The number of hydrogen-bond donors (Lipinski definition) is 1. The minimum Gasteiger partial charge on any atom is -0.870 e. The molecule has 0 saturated carbocycles. The van der Waals surface area contributed by atoms with Gasteiger partial charge in [-0.1, -0.05) is 108 Å². The van der Waals surface area contributed by atoms with E-state index in [2.05, 4.69) is 6.92 Å². The summed E-state index contributed by atoms with van der Waals surface area (Å²) in [5.74, 6) is 0.156. The first-order valence-electron chi connectivity index (χ1n) is 12.0. The molecular formula is C26H37KO5S. The number of ether oxygens (including phenoxy) is 1. The summed E-state index contributed by atoms with van der Waals surface area (Å²) in [5.41, 5.74) is 0.827. The minimum absolute atomic E-state index is 0. The van der Waals surface area contributed by atoms with E-state index < -0.39 is 10.1 Å². The zero-order valence-corrected chi connectivity index (χ0v) is 24.2. The standard InChI is InChI=1S/C26H38O5S.K/c1-2-3-4-5-6-7-8-9-10-11-12-13-16-22-19-20-23(32(28,29)30)21-26(22)31-25-18-15-14-17-24(25)27;/h14-15,17-21,27H,2-13,16H2,1H3,(H,28,29,30);/q;+1/p-1. The van der Waals surface area contributed by atoms with Crippen molar-refractivity contribution in [1.82, 2.24) is 0 Å². The van der Waals surface area contributed by atoms with Crippen LogP contribution >= 0.6 is 0 Å². The second kappa shape index (κ2) is 17.1. The molecule has 0 fully saturated rings. The quantitative estimate of drug-likeness (QED) is 0.213. The number of hydrogen-bond acceptors (Lipinski definition) is 4. The molecule has 1 N–H and O–H groups in total. The molecule has 0 saturated heterocycles. The van der Waals surface area contributed by atoms with Crippen molar-refractivity contribution >= 4 is 10.1 Å². The van der Waals surface area contributed by atoms with Crippen LogP contribution in [0.25, 0.3) is 0 Å². The molecule has 0 amide bonds. The van der Waals surface area contributed by atoms with Gasteiger partial charge in [-0.25, -0.2) is 0 Å². The van der Waals surface area contributed by atoms with Crippen LogP contribution in [0.4, 0.5) is 0 Å². The van der Waals surface area contributed by atoms with Gasteiger partial charge in [0.1, 0.15) is 11.5 Å². The van der Waals surface area contributed by atoms with E-state index >= 15 is 0 Å². The summed E-state index contributed by atoms with van der Waals surface area (Å²) in [7, 11) is -4.35. The Kier molecular flexibility index (Phi) is 15.9. The van der Waals surface area contributed by atoms with Gasteiger partial charge in [0.15, 0.2) is 0 Å². The average molecular weight is 501 g/mol. The molecule has 178 valence electrons. The zero-order chi connectivity index (χ0) is 23.2. The molecule has 2 aromatic rings. The molecule has 2 rings (SSSR count). The van der Waals surface area contributed by atoms with Crippen LogP contribution in [0.5, 0.6) is 17.2 Å². The second-order valence-corrected chi connectivity index (χ2v) is 9.85. The van der Waals surface area contributed by atoms with Crippen molar-refractivity contribution in [1.29, 1.82) is 0 Å². The SMILES string of the molecule is CCCCCCCCCCCCCCc1ccc(S(=O)(=O)O)cc1Oc1ccccc1[O-].[K+]. The van der Waals surface area contributed by atoms with Crippen LogP contribution in [0.15, 0.2) is 47.4 Å². The Balaban J connectivity index is 0.00000544. The first kappa shape index (κ1) is 30.6. The van der Waals surface area contributed by atoms with Crippen molar-refractivity contribution in [2.75, 3.05) is 0 Å². The minimum atomic E-state index is -4.35. The van der Waals surface area contributed by atoms with Crippen LogP contribution in [0.2, 0.25) is 0 Å². The Morgan fingerprint density at radius 3 is 1.88 bits per heavy atom. The van der Waals surface area contributed by atoms with Crippen LogP contribution in [0.1, 0.15) is 89.5 Å². The number of unbranched alkanes of at least 4 members (excludes halogenated alkanes) is 11. The number of benzene rings is 2. The molecule has 0 radical (unpaired) electrons. The summed E-state index contributed by atoms with van der Waals surface area (Å²) in [6.07, 6.45) is 15.9. The number of aryl methyl sites for hydroxylation is 1. The fourth-order valence-electron chi connectivity index (χ4n) is 3.81. The summed E-state index contributed by atoms with van der Waals surface area (Å²) in [6.45, 7) is 2.24. The Bertz CT molecular complexity index is 915. The fraction of sp³-hybridized carbons (Fsp3) is 0.538. The zero-order valence-electron chi connectivity index (χ0n) is 20.2.